The molecule has 2 aliphatic rings. The lowest BCUT2D eigenvalue weighted by molar-refractivity contribution is 0.0620. The van der Waals surface area contributed by atoms with Crippen LogP contribution in [0, 0.1) is 0 Å². The third kappa shape index (κ3) is 4.19. The van der Waals surface area contributed by atoms with Crippen LogP contribution in [0.3, 0.4) is 0 Å². The van der Waals surface area contributed by atoms with Crippen molar-refractivity contribution in [1.29, 1.82) is 0 Å². The van der Waals surface area contributed by atoms with Crippen molar-refractivity contribution in [3.63, 3.8) is 0 Å². The molecule has 1 aliphatic heterocycles. The maximum atomic E-state index is 13.2. The number of hydrogen-bond acceptors (Lipinski definition) is 5. The van der Waals surface area contributed by atoms with Gasteiger partial charge in [-0.15, -0.1) is 11.3 Å². The number of fused-ring (bicyclic) bond motifs is 4. The van der Waals surface area contributed by atoms with Gasteiger partial charge in [0, 0.05) is 42.0 Å². The minimum atomic E-state index is -0.00218. The topological polar surface area (TPSA) is 85.1 Å². The van der Waals surface area contributed by atoms with E-state index in [0.29, 0.717) is 31.2 Å². The molecule has 8 heteroatoms. The Bertz CT molecular complexity index is 1470. The molecule has 0 spiro atoms. The number of benzene rings is 1. The molecule has 3 aromatic heterocycles. The van der Waals surface area contributed by atoms with Gasteiger partial charge < -0.3 is 14.9 Å². The van der Waals surface area contributed by atoms with Gasteiger partial charge in [0.15, 0.2) is 0 Å². The Kier molecular flexibility index (Phi) is 5.73. The van der Waals surface area contributed by atoms with Gasteiger partial charge in [0.25, 0.3) is 11.5 Å². The summed E-state index contributed by atoms with van der Waals surface area (Å²) in [7, 11) is 0. The van der Waals surface area contributed by atoms with Crippen LogP contribution in [0.2, 0.25) is 0 Å². The second-order valence-electron chi connectivity index (χ2n) is 10.2. The van der Waals surface area contributed by atoms with Gasteiger partial charge in [-0.25, -0.2) is 4.98 Å². The van der Waals surface area contributed by atoms with Crippen LogP contribution in [0.5, 0.6) is 0 Å². The van der Waals surface area contributed by atoms with Crippen molar-refractivity contribution in [2.75, 3.05) is 26.2 Å². The van der Waals surface area contributed by atoms with Crippen molar-refractivity contribution in [3.05, 3.63) is 62.1 Å². The zero-order valence-electron chi connectivity index (χ0n) is 20.3. The van der Waals surface area contributed by atoms with E-state index in [4.69, 9.17) is 4.98 Å². The van der Waals surface area contributed by atoms with Gasteiger partial charge in [0.1, 0.15) is 16.3 Å². The molecule has 35 heavy (non-hydrogen) atoms. The van der Waals surface area contributed by atoms with E-state index in [2.05, 4.69) is 46.9 Å². The Morgan fingerprint density at radius 1 is 1.09 bits per heavy atom. The van der Waals surface area contributed by atoms with E-state index in [9.17, 15) is 9.59 Å². The van der Waals surface area contributed by atoms with Gasteiger partial charge in [0.05, 0.1) is 11.9 Å². The predicted molar refractivity (Wildman–Crippen MR) is 140 cm³/mol. The molecule has 1 aromatic carbocycles. The molecule has 0 radical (unpaired) electrons. The molecule has 1 amide bonds. The average molecular weight is 490 g/mol. The number of carbonyl (C=O) groups excluding carboxylic acids is 1. The first-order chi connectivity index (χ1) is 17.0. The largest absolute Gasteiger partial charge is 0.351 e. The third-order valence-electron chi connectivity index (χ3n) is 7.45. The first-order valence-corrected chi connectivity index (χ1v) is 13.5. The number of nitrogens with one attached hydrogen (secondary N) is 2. The number of rotatable bonds is 4. The van der Waals surface area contributed by atoms with E-state index in [0.717, 1.165) is 59.3 Å². The monoisotopic (exact) mass is 489 g/mol. The van der Waals surface area contributed by atoms with E-state index in [1.165, 1.54) is 22.4 Å². The van der Waals surface area contributed by atoms with E-state index >= 15 is 0 Å². The van der Waals surface area contributed by atoms with E-state index < -0.39 is 0 Å². The molecule has 1 saturated heterocycles. The maximum Gasteiger partial charge on any atom is 0.270 e. The number of aromatic nitrogens is 3. The second kappa shape index (κ2) is 8.91. The summed E-state index contributed by atoms with van der Waals surface area (Å²) in [4.78, 5) is 43.6. The summed E-state index contributed by atoms with van der Waals surface area (Å²) in [6.45, 7) is 7.77. The number of aryl methyl sites for hydroxylation is 2. The first kappa shape index (κ1) is 22.5. The second-order valence-corrected chi connectivity index (χ2v) is 11.2. The van der Waals surface area contributed by atoms with Crippen molar-refractivity contribution >= 4 is 38.4 Å². The van der Waals surface area contributed by atoms with Gasteiger partial charge in [-0.05, 0) is 54.9 Å². The van der Waals surface area contributed by atoms with Crippen LogP contribution in [0.1, 0.15) is 64.9 Å². The first-order valence-electron chi connectivity index (χ1n) is 12.6. The van der Waals surface area contributed by atoms with Crippen molar-refractivity contribution in [3.8, 4) is 0 Å². The maximum absolute atomic E-state index is 13.2. The standard InChI is InChI=1S/C27H31N5O2S/c1-16(2)17-7-8-18-14-21(28-20(18)13-17)27(34)32-11-9-31(10-12-32)15-23-29-25(33)24-19-5-3-4-6-22(19)35-26(24)30-23/h7-8,13-14,16,28H,3-6,9-12,15H2,1-2H3,(H,29,30,33). The minimum Gasteiger partial charge on any atom is -0.351 e. The summed E-state index contributed by atoms with van der Waals surface area (Å²) in [6.07, 6.45) is 4.41. The number of thiophene rings is 1. The number of H-pyrrole nitrogens is 2. The highest BCUT2D eigenvalue weighted by atomic mass is 32.1. The molecule has 4 aromatic rings. The van der Waals surface area contributed by atoms with Crippen molar-refractivity contribution in [2.45, 2.75) is 52.0 Å². The number of nitrogens with zero attached hydrogens (tertiary/aromatic N) is 3. The van der Waals surface area contributed by atoms with Gasteiger partial charge in [0.2, 0.25) is 0 Å². The van der Waals surface area contributed by atoms with Crippen LogP contribution in [0.15, 0.2) is 29.1 Å². The van der Waals surface area contributed by atoms with E-state index in [1.807, 2.05) is 11.0 Å². The van der Waals surface area contributed by atoms with Gasteiger partial charge in [-0.3, -0.25) is 14.5 Å². The highest BCUT2D eigenvalue weighted by molar-refractivity contribution is 7.18. The smallest absolute Gasteiger partial charge is 0.270 e. The van der Waals surface area contributed by atoms with Crippen molar-refractivity contribution < 1.29 is 4.79 Å². The zero-order valence-corrected chi connectivity index (χ0v) is 21.1. The Labute approximate surface area is 208 Å². The van der Waals surface area contributed by atoms with Crippen LogP contribution in [-0.4, -0.2) is 56.8 Å². The number of aromatic amines is 2. The number of piperazine rings is 1. The molecule has 6 rings (SSSR count). The zero-order chi connectivity index (χ0) is 24.1. The molecule has 0 atom stereocenters. The minimum absolute atomic E-state index is 0.00218. The predicted octanol–water partition coefficient (Wildman–Crippen LogP) is 4.43. The number of carbonyl (C=O) groups is 1. The van der Waals surface area contributed by atoms with Crippen LogP contribution in [-0.2, 0) is 19.4 Å². The van der Waals surface area contributed by atoms with Gasteiger partial charge in [-0.1, -0.05) is 26.0 Å². The summed E-state index contributed by atoms with van der Waals surface area (Å²) in [5, 5.41) is 1.87. The van der Waals surface area contributed by atoms with Crippen molar-refractivity contribution in [1.82, 2.24) is 24.8 Å². The molecule has 1 fully saturated rings. The van der Waals surface area contributed by atoms with Crippen LogP contribution in [0.25, 0.3) is 21.1 Å². The third-order valence-corrected chi connectivity index (χ3v) is 8.64. The summed E-state index contributed by atoms with van der Waals surface area (Å²) in [5.41, 5.74) is 4.14. The molecule has 0 bridgehead atoms. The molecule has 2 N–H and O–H groups in total. The Balaban J connectivity index is 1.13. The summed E-state index contributed by atoms with van der Waals surface area (Å²) in [6, 6.07) is 8.32. The lowest BCUT2D eigenvalue weighted by atomic mass is 9.97. The molecule has 0 unspecified atom stereocenters. The van der Waals surface area contributed by atoms with Gasteiger partial charge in [-0.2, -0.15) is 0 Å². The fourth-order valence-electron chi connectivity index (χ4n) is 5.39. The molecular weight excluding hydrogens is 458 g/mol. The van der Waals surface area contributed by atoms with Gasteiger partial charge >= 0.3 is 0 Å². The summed E-state index contributed by atoms with van der Waals surface area (Å²) >= 11 is 1.69. The highest BCUT2D eigenvalue weighted by Gasteiger charge is 2.25. The molecule has 7 nitrogen and oxygen atoms in total. The normalized spacial score (nSPS) is 16.9. The molecule has 0 saturated carbocycles. The summed E-state index contributed by atoms with van der Waals surface area (Å²) in [5.74, 6) is 1.21. The number of amides is 1. The lowest BCUT2D eigenvalue weighted by Gasteiger charge is -2.34. The van der Waals surface area contributed by atoms with Crippen LogP contribution >= 0.6 is 11.3 Å². The van der Waals surface area contributed by atoms with E-state index in [-0.39, 0.29) is 11.5 Å². The molecule has 182 valence electrons. The molecular formula is C27H31N5O2S. The molecule has 4 heterocycles. The van der Waals surface area contributed by atoms with Crippen molar-refractivity contribution in [2.24, 2.45) is 0 Å². The fourth-order valence-corrected chi connectivity index (χ4v) is 6.67. The quantitative estimate of drug-likeness (QED) is 0.444. The van der Waals surface area contributed by atoms with Crippen LogP contribution in [0.4, 0.5) is 0 Å². The highest BCUT2D eigenvalue weighted by Crippen LogP contribution is 2.33. The Morgan fingerprint density at radius 2 is 1.89 bits per heavy atom. The lowest BCUT2D eigenvalue weighted by Crippen LogP contribution is -2.48. The fraction of sp³-hybridized carbons (Fsp3) is 0.444. The Hall–Kier alpha value is -2.97. The summed E-state index contributed by atoms with van der Waals surface area (Å²) < 4.78 is 0. The number of hydrogen-bond donors (Lipinski definition) is 2. The SMILES string of the molecule is CC(C)c1ccc2cc(C(=O)N3CCN(Cc4nc5sc6c(c5c(=O)[nH]4)CCCC6)CC3)[nH]c2c1. The van der Waals surface area contributed by atoms with E-state index in [1.54, 1.807) is 11.3 Å². The Morgan fingerprint density at radius 3 is 2.69 bits per heavy atom. The molecule has 1 aliphatic carbocycles. The van der Waals surface area contributed by atoms with Crippen LogP contribution < -0.4 is 5.56 Å². The average Bonchev–Trinajstić information content (AvgIpc) is 3.45.